The van der Waals surface area contributed by atoms with Crippen LogP contribution in [0.2, 0.25) is 0 Å². The smallest absolute Gasteiger partial charge is 0.253 e. The van der Waals surface area contributed by atoms with Crippen LogP contribution in [-0.4, -0.2) is 47.0 Å². The van der Waals surface area contributed by atoms with E-state index in [4.69, 9.17) is 4.74 Å². The highest BCUT2D eigenvalue weighted by Crippen LogP contribution is 2.21. The Bertz CT molecular complexity index is 1040. The Kier molecular flexibility index (Phi) is 5.62. The fraction of sp³-hybridized carbons (Fsp3) is 0.286. The van der Waals surface area contributed by atoms with Gasteiger partial charge in [0.2, 0.25) is 5.95 Å². The van der Waals surface area contributed by atoms with Crippen LogP contribution in [0.15, 0.2) is 52.0 Å². The molecule has 7 nitrogen and oxygen atoms in total. The molecule has 2 N–H and O–H groups in total. The first-order chi connectivity index (χ1) is 14.1. The molecular formula is C21H22N4O3S. The van der Waals surface area contributed by atoms with Crippen molar-refractivity contribution in [3.8, 4) is 17.0 Å². The number of thiophene rings is 1. The number of H-pyrrole nitrogens is 1. The van der Waals surface area contributed by atoms with Gasteiger partial charge in [-0.25, -0.2) is 4.98 Å². The summed E-state index contributed by atoms with van der Waals surface area (Å²) in [5.74, 6) is 1.15. The van der Waals surface area contributed by atoms with Gasteiger partial charge in [0.05, 0.1) is 12.8 Å². The number of anilines is 1. The molecule has 3 aromatic rings. The van der Waals surface area contributed by atoms with Crippen molar-refractivity contribution in [3.63, 3.8) is 0 Å². The molecule has 1 fully saturated rings. The molecule has 1 aromatic carbocycles. The third-order valence-electron chi connectivity index (χ3n) is 5.00. The third-order valence-corrected chi connectivity index (χ3v) is 5.68. The highest BCUT2D eigenvalue weighted by molar-refractivity contribution is 7.08. The quantitative estimate of drug-likeness (QED) is 0.674. The van der Waals surface area contributed by atoms with Crippen LogP contribution in [0.3, 0.4) is 0 Å². The van der Waals surface area contributed by atoms with E-state index in [2.05, 4.69) is 15.3 Å². The van der Waals surface area contributed by atoms with Gasteiger partial charge in [-0.15, -0.1) is 0 Å². The van der Waals surface area contributed by atoms with Crippen LogP contribution < -0.4 is 15.6 Å². The molecule has 3 heterocycles. The number of aromatic nitrogens is 2. The maximum Gasteiger partial charge on any atom is 0.253 e. The van der Waals surface area contributed by atoms with Crippen LogP contribution in [0.1, 0.15) is 23.2 Å². The molecule has 0 aliphatic carbocycles. The Morgan fingerprint density at radius 3 is 2.83 bits per heavy atom. The predicted molar refractivity (Wildman–Crippen MR) is 114 cm³/mol. The molecule has 0 unspecified atom stereocenters. The number of methoxy groups -OCH3 is 1. The van der Waals surface area contributed by atoms with Crippen molar-refractivity contribution < 1.29 is 9.53 Å². The topological polar surface area (TPSA) is 87.3 Å². The molecule has 2 aromatic heterocycles. The number of ether oxygens (including phenoxy) is 1. The van der Waals surface area contributed by atoms with Crippen LogP contribution in [-0.2, 0) is 0 Å². The van der Waals surface area contributed by atoms with Crippen molar-refractivity contribution in [1.29, 1.82) is 0 Å². The van der Waals surface area contributed by atoms with E-state index in [1.165, 1.54) is 6.07 Å². The number of likely N-dealkylation sites (tertiary alicyclic amines) is 1. The maximum atomic E-state index is 12.7. The van der Waals surface area contributed by atoms with Gasteiger partial charge in [0.25, 0.3) is 11.5 Å². The largest absolute Gasteiger partial charge is 0.497 e. The zero-order valence-corrected chi connectivity index (χ0v) is 16.9. The Labute approximate surface area is 172 Å². The average molecular weight is 410 g/mol. The summed E-state index contributed by atoms with van der Waals surface area (Å²) in [5, 5.41) is 7.25. The van der Waals surface area contributed by atoms with Gasteiger partial charge >= 0.3 is 0 Å². The number of piperidine rings is 1. The monoisotopic (exact) mass is 410 g/mol. The van der Waals surface area contributed by atoms with E-state index in [1.807, 2.05) is 33.9 Å². The number of hydrogen-bond donors (Lipinski definition) is 2. The molecule has 8 heteroatoms. The molecule has 0 saturated carbocycles. The number of benzene rings is 1. The SMILES string of the molecule is COc1cccc(C(=O)N2CCC(Nc3nc(-c4ccsc4)cc(=O)[nH]3)CC2)c1. The fourth-order valence-corrected chi connectivity index (χ4v) is 4.09. The highest BCUT2D eigenvalue weighted by atomic mass is 32.1. The normalized spacial score (nSPS) is 14.6. The molecule has 0 atom stereocenters. The van der Waals surface area contributed by atoms with E-state index in [9.17, 15) is 9.59 Å². The first-order valence-electron chi connectivity index (χ1n) is 9.46. The van der Waals surface area contributed by atoms with E-state index >= 15 is 0 Å². The number of aromatic amines is 1. The van der Waals surface area contributed by atoms with Crippen LogP contribution in [0.5, 0.6) is 5.75 Å². The van der Waals surface area contributed by atoms with Crippen molar-refractivity contribution in [1.82, 2.24) is 14.9 Å². The summed E-state index contributed by atoms with van der Waals surface area (Å²) in [6, 6.07) is 10.8. The van der Waals surface area contributed by atoms with E-state index in [1.54, 1.807) is 30.6 Å². The van der Waals surface area contributed by atoms with Gasteiger partial charge in [0, 0.05) is 41.7 Å². The molecular weight excluding hydrogens is 388 g/mol. The second kappa shape index (κ2) is 8.48. The summed E-state index contributed by atoms with van der Waals surface area (Å²) in [4.78, 5) is 33.9. The minimum atomic E-state index is -0.186. The van der Waals surface area contributed by atoms with E-state index < -0.39 is 0 Å². The second-order valence-corrected chi connectivity index (χ2v) is 7.71. The molecule has 0 spiro atoms. The van der Waals surface area contributed by atoms with Crippen molar-refractivity contribution >= 4 is 23.2 Å². The van der Waals surface area contributed by atoms with E-state index in [0.717, 1.165) is 18.4 Å². The first kappa shape index (κ1) is 19.2. The number of rotatable bonds is 5. The Morgan fingerprint density at radius 2 is 2.10 bits per heavy atom. The Hall–Kier alpha value is -3.13. The molecule has 150 valence electrons. The zero-order chi connectivity index (χ0) is 20.2. The minimum absolute atomic E-state index is 0.00772. The van der Waals surface area contributed by atoms with Gasteiger partial charge in [-0.05, 0) is 42.5 Å². The van der Waals surface area contributed by atoms with Gasteiger partial charge < -0.3 is 15.0 Å². The molecule has 1 amide bonds. The third kappa shape index (κ3) is 4.48. The summed E-state index contributed by atoms with van der Waals surface area (Å²) in [6.45, 7) is 1.28. The van der Waals surface area contributed by atoms with Crippen LogP contribution in [0.4, 0.5) is 5.95 Å². The van der Waals surface area contributed by atoms with Crippen molar-refractivity contribution in [3.05, 3.63) is 63.1 Å². The number of amides is 1. The number of nitrogens with one attached hydrogen (secondary N) is 2. The summed E-state index contributed by atoms with van der Waals surface area (Å²) in [7, 11) is 1.59. The number of hydrogen-bond acceptors (Lipinski definition) is 6. The average Bonchev–Trinajstić information content (AvgIpc) is 3.28. The lowest BCUT2D eigenvalue weighted by atomic mass is 10.0. The predicted octanol–water partition coefficient (Wildman–Crippen LogP) is 3.22. The van der Waals surface area contributed by atoms with Crippen LogP contribution in [0, 0.1) is 0 Å². The van der Waals surface area contributed by atoms with Gasteiger partial charge in [0.15, 0.2) is 0 Å². The van der Waals surface area contributed by atoms with Crippen molar-refractivity contribution in [2.24, 2.45) is 0 Å². The molecule has 29 heavy (non-hydrogen) atoms. The van der Waals surface area contributed by atoms with Crippen LogP contribution in [0.25, 0.3) is 11.3 Å². The summed E-state index contributed by atoms with van der Waals surface area (Å²) in [6.07, 6.45) is 1.56. The van der Waals surface area contributed by atoms with Gasteiger partial charge in [-0.2, -0.15) is 11.3 Å². The van der Waals surface area contributed by atoms with E-state index in [-0.39, 0.29) is 17.5 Å². The van der Waals surface area contributed by atoms with Gasteiger partial charge in [-0.1, -0.05) is 6.07 Å². The molecule has 4 rings (SSSR count). The standard InChI is InChI=1S/C21H22N4O3S/c1-28-17-4-2-3-14(11-17)20(27)25-8-5-16(6-9-25)22-21-23-18(12-19(26)24-21)15-7-10-29-13-15/h2-4,7,10-13,16H,5-6,8-9H2,1H3,(H2,22,23,24,26). The van der Waals surface area contributed by atoms with E-state index in [0.29, 0.717) is 36.0 Å². The number of carbonyl (C=O) groups excluding carboxylic acids is 1. The first-order valence-corrected chi connectivity index (χ1v) is 10.4. The summed E-state index contributed by atoms with van der Waals surface area (Å²) in [5.41, 5.74) is 2.03. The van der Waals surface area contributed by atoms with Gasteiger partial charge in [-0.3, -0.25) is 14.6 Å². The molecule has 0 radical (unpaired) electrons. The lowest BCUT2D eigenvalue weighted by molar-refractivity contribution is 0.0718. The maximum absolute atomic E-state index is 12.7. The summed E-state index contributed by atoms with van der Waals surface area (Å²) < 4.78 is 5.21. The highest BCUT2D eigenvalue weighted by Gasteiger charge is 2.24. The number of nitrogens with zero attached hydrogens (tertiary/aromatic N) is 2. The lowest BCUT2D eigenvalue weighted by Gasteiger charge is -2.32. The minimum Gasteiger partial charge on any atom is -0.497 e. The second-order valence-electron chi connectivity index (χ2n) is 6.93. The molecule has 1 aliphatic heterocycles. The van der Waals surface area contributed by atoms with Crippen molar-refractivity contribution in [2.45, 2.75) is 18.9 Å². The fourth-order valence-electron chi connectivity index (χ4n) is 3.44. The Balaban J connectivity index is 1.39. The number of carbonyl (C=O) groups is 1. The van der Waals surface area contributed by atoms with Crippen LogP contribution >= 0.6 is 11.3 Å². The van der Waals surface area contributed by atoms with Gasteiger partial charge in [0.1, 0.15) is 5.75 Å². The zero-order valence-electron chi connectivity index (χ0n) is 16.1. The lowest BCUT2D eigenvalue weighted by Crippen LogP contribution is -2.42. The summed E-state index contributed by atoms with van der Waals surface area (Å²) >= 11 is 1.57. The molecule has 0 bridgehead atoms. The molecule has 1 aliphatic rings. The van der Waals surface area contributed by atoms with Crippen molar-refractivity contribution in [2.75, 3.05) is 25.5 Å². The Morgan fingerprint density at radius 1 is 1.28 bits per heavy atom. The molecule has 1 saturated heterocycles.